The van der Waals surface area contributed by atoms with Gasteiger partial charge in [-0.05, 0) is 103 Å². The number of fused-ring (bicyclic) bond motifs is 11. The van der Waals surface area contributed by atoms with Crippen LogP contribution in [-0.2, 0) is 5.41 Å². The van der Waals surface area contributed by atoms with Gasteiger partial charge >= 0.3 is 0 Å². The third-order valence-corrected chi connectivity index (χ3v) is 13.2. The number of nitrogens with zero attached hydrogens (tertiary/aromatic N) is 2. The van der Waals surface area contributed by atoms with Gasteiger partial charge in [-0.15, -0.1) is 0 Å². The van der Waals surface area contributed by atoms with E-state index in [1.807, 2.05) is 6.07 Å². The van der Waals surface area contributed by atoms with E-state index >= 15 is 0 Å². The lowest BCUT2D eigenvalue weighted by Gasteiger charge is -2.41. The van der Waals surface area contributed by atoms with Gasteiger partial charge < -0.3 is 4.74 Å². The molecule has 0 radical (unpaired) electrons. The average Bonchev–Trinajstić information content (AvgIpc) is 3.80. The monoisotopic (exact) mass is 764 g/mol. The van der Waals surface area contributed by atoms with E-state index in [2.05, 4.69) is 188 Å². The van der Waals surface area contributed by atoms with Crippen LogP contribution < -0.4 is 4.74 Å². The third kappa shape index (κ3) is 4.72. The van der Waals surface area contributed by atoms with E-state index in [1.165, 1.54) is 83.1 Å². The van der Waals surface area contributed by atoms with Gasteiger partial charge in [0.05, 0.1) is 16.8 Å². The number of hydrogen-bond donors (Lipinski definition) is 0. The normalized spacial score (nSPS) is 14.8. The molecule has 1 spiro atoms. The van der Waals surface area contributed by atoms with Gasteiger partial charge in [0.25, 0.3) is 0 Å². The SMILES string of the molecule is C1=C(c2cc(-c3ccc(-c4ccc5c(c4)-c4cccc6cccc-5c46)cc3)nc(-c3ccccc3)n2)CCC2=C1C1(c3ccccc3O2)c2ccccc2-c2ccccc21. The van der Waals surface area contributed by atoms with E-state index < -0.39 is 5.41 Å². The molecule has 3 aliphatic carbocycles. The number of rotatable bonds is 4. The first-order valence-electron chi connectivity index (χ1n) is 20.9. The van der Waals surface area contributed by atoms with Crippen LogP contribution in [-0.4, -0.2) is 9.97 Å². The molecule has 280 valence electrons. The van der Waals surface area contributed by atoms with Crippen LogP contribution in [0.5, 0.6) is 5.75 Å². The van der Waals surface area contributed by atoms with Crippen LogP contribution in [0.2, 0.25) is 0 Å². The highest BCUT2D eigenvalue weighted by Crippen LogP contribution is 2.62. The third-order valence-electron chi connectivity index (χ3n) is 13.2. The maximum absolute atomic E-state index is 6.83. The molecular formula is C57H36N2O. The minimum atomic E-state index is -0.510. The van der Waals surface area contributed by atoms with Crippen LogP contribution in [0.15, 0.2) is 205 Å². The number of benzene rings is 8. The zero-order valence-electron chi connectivity index (χ0n) is 32.7. The first-order chi connectivity index (χ1) is 29.7. The molecule has 4 aliphatic rings. The lowest BCUT2D eigenvalue weighted by molar-refractivity contribution is 0.365. The van der Waals surface area contributed by atoms with Crippen LogP contribution in [0.1, 0.15) is 35.2 Å². The lowest BCUT2D eigenvalue weighted by atomic mass is 9.64. The topological polar surface area (TPSA) is 35.0 Å². The lowest BCUT2D eigenvalue weighted by Crippen LogP contribution is -2.35. The van der Waals surface area contributed by atoms with E-state index in [1.54, 1.807) is 0 Å². The zero-order chi connectivity index (χ0) is 39.4. The van der Waals surface area contributed by atoms with Crippen molar-refractivity contribution in [3.05, 3.63) is 228 Å². The summed E-state index contributed by atoms with van der Waals surface area (Å²) < 4.78 is 6.83. The molecule has 1 aromatic heterocycles. The average molecular weight is 765 g/mol. The van der Waals surface area contributed by atoms with Gasteiger partial charge in [0.1, 0.15) is 11.5 Å². The quantitative estimate of drug-likeness (QED) is 0.179. The minimum Gasteiger partial charge on any atom is -0.461 e. The molecule has 3 heteroatoms. The molecule has 1 aliphatic heterocycles. The highest BCUT2D eigenvalue weighted by molar-refractivity contribution is 6.15. The number of ether oxygens (including phenoxy) is 1. The van der Waals surface area contributed by atoms with Gasteiger partial charge in [0.15, 0.2) is 5.82 Å². The van der Waals surface area contributed by atoms with Gasteiger partial charge in [0, 0.05) is 28.7 Å². The summed E-state index contributed by atoms with van der Waals surface area (Å²) in [5.74, 6) is 2.68. The summed E-state index contributed by atoms with van der Waals surface area (Å²) in [5, 5.41) is 2.64. The highest BCUT2D eigenvalue weighted by atomic mass is 16.5. The molecule has 2 heterocycles. The van der Waals surface area contributed by atoms with Crippen LogP contribution in [0.25, 0.3) is 83.5 Å². The largest absolute Gasteiger partial charge is 0.461 e. The van der Waals surface area contributed by atoms with Crippen molar-refractivity contribution in [3.8, 4) is 72.9 Å². The summed E-state index contributed by atoms with van der Waals surface area (Å²) in [5.41, 5.74) is 19.7. The summed E-state index contributed by atoms with van der Waals surface area (Å²) in [6.07, 6.45) is 3.97. The Morgan fingerprint density at radius 2 is 1.03 bits per heavy atom. The first kappa shape index (κ1) is 33.4. The van der Waals surface area contributed by atoms with Crippen LogP contribution in [0, 0.1) is 0 Å². The molecule has 0 N–H and O–H groups in total. The van der Waals surface area contributed by atoms with Crippen LogP contribution >= 0.6 is 0 Å². The Morgan fingerprint density at radius 1 is 0.417 bits per heavy atom. The molecular weight excluding hydrogens is 729 g/mol. The fourth-order valence-electron chi connectivity index (χ4n) is 10.6. The summed E-state index contributed by atoms with van der Waals surface area (Å²) in [6.45, 7) is 0. The Bertz CT molecular complexity index is 3290. The fraction of sp³-hybridized carbons (Fsp3) is 0.0526. The smallest absolute Gasteiger partial charge is 0.160 e. The Balaban J connectivity index is 0.935. The number of para-hydroxylation sites is 1. The summed E-state index contributed by atoms with van der Waals surface area (Å²) in [6, 6.07) is 68.0. The van der Waals surface area contributed by atoms with E-state index in [-0.39, 0.29) is 0 Å². The molecule has 0 bridgehead atoms. The predicted octanol–water partition coefficient (Wildman–Crippen LogP) is 14.1. The Hall–Kier alpha value is -7.62. The molecule has 60 heavy (non-hydrogen) atoms. The molecule has 3 nitrogen and oxygen atoms in total. The number of hydrogen-bond acceptors (Lipinski definition) is 3. The molecule has 9 aromatic rings. The molecule has 0 saturated carbocycles. The fourth-order valence-corrected chi connectivity index (χ4v) is 10.6. The molecule has 0 unspecified atom stereocenters. The van der Waals surface area contributed by atoms with Crippen molar-refractivity contribution in [3.63, 3.8) is 0 Å². The van der Waals surface area contributed by atoms with Crippen LogP contribution in [0.4, 0.5) is 0 Å². The van der Waals surface area contributed by atoms with Gasteiger partial charge in [-0.2, -0.15) is 0 Å². The van der Waals surface area contributed by atoms with Crippen molar-refractivity contribution in [1.29, 1.82) is 0 Å². The molecule has 0 atom stereocenters. The second-order valence-corrected chi connectivity index (χ2v) is 16.3. The van der Waals surface area contributed by atoms with E-state index in [4.69, 9.17) is 14.7 Å². The van der Waals surface area contributed by atoms with Crippen molar-refractivity contribution in [2.24, 2.45) is 0 Å². The van der Waals surface area contributed by atoms with Gasteiger partial charge in [-0.3, -0.25) is 0 Å². The maximum atomic E-state index is 6.83. The first-order valence-corrected chi connectivity index (χ1v) is 20.9. The Morgan fingerprint density at radius 3 is 1.80 bits per heavy atom. The van der Waals surface area contributed by atoms with Gasteiger partial charge in [0.2, 0.25) is 0 Å². The van der Waals surface area contributed by atoms with Crippen molar-refractivity contribution in [2.75, 3.05) is 0 Å². The summed E-state index contributed by atoms with van der Waals surface area (Å²) >= 11 is 0. The van der Waals surface area contributed by atoms with Crippen molar-refractivity contribution >= 4 is 16.3 Å². The van der Waals surface area contributed by atoms with Gasteiger partial charge in [-0.1, -0.05) is 170 Å². The van der Waals surface area contributed by atoms with E-state index in [0.717, 1.165) is 52.7 Å². The molecule has 8 aromatic carbocycles. The Labute approximate surface area is 348 Å². The van der Waals surface area contributed by atoms with Crippen LogP contribution in [0.3, 0.4) is 0 Å². The van der Waals surface area contributed by atoms with E-state index in [9.17, 15) is 0 Å². The second kappa shape index (κ2) is 12.7. The zero-order valence-corrected chi connectivity index (χ0v) is 32.7. The molecule has 0 amide bonds. The van der Waals surface area contributed by atoms with E-state index in [0.29, 0.717) is 0 Å². The molecule has 13 rings (SSSR count). The maximum Gasteiger partial charge on any atom is 0.160 e. The standard InChI is InChI=1S/C57H36N2O/c1-2-12-38(13-3-1)56-58-51(36-26-24-35(25-27-36)39-28-30-41-44-18-10-14-37-15-11-19-45(55(37)44)46(41)32-39)34-52(59-56)40-29-31-54-50(33-40)57(49-22-8-9-23-53(49)60-54)47-20-6-4-16-42(47)43-17-5-7-21-48(43)57/h1-28,30,32-34H,29,31H2. The van der Waals surface area contributed by atoms with Crippen molar-refractivity contribution in [1.82, 2.24) is 9.97 Å². The molecule has 0 fully saturated rings. The number of allylic oxidation sites excluding steroid dienone is 4. The number of aromatic nitrogens is 2. The second-order valence-electron chi connectivity index (χ2n) is 16.3. The predicted molar refractivity (Wildman–Crippen MR) is 243 cm³/mol. The van der Waals surface area contributed by atoms with Crippen molar-refractivity contribution < 1.29 is 4.74 Å². The van der Waals surface area contributed by atoms with Crippen molar-refractivity contribution in [2.45, 2.75) is 18.3 Å². The summed E-state index contributed by atoms with van der Waals surface area (Å²) in [4.78, 5) is 10.6. The molecule has 0 saturated heterocycles. The summed E-state index contributed by atoms with van der Waals surface area (Å²) in [7, 11) is 0. The Kier molecular flexibility index (Phi) is 7.06. The minimum absolute atomic E-state index is 0.510. The van der Waals surface area contributed by atoms with Gasteiger partial charge in [-0.25, -0.2) is 9.97 Å². The highest BCUT2D eigenvalue weighted by Gasteiger charge is 2.52.